The van der Waals surface area contributed by atoms with Crippen molar-refractivity contribution in [2.24, 2.45) is 0 Å². The van der Waals surface area contributed by atoms with Crippen LogP contribution in [0, 0.1) is 0 Å². The Hall–Kier alpha value is -2.47. The Morgan fingerprint density at radius 1 is 1.33 bits per heavy atom. The van der Waals surface area contributed by atoms with E-state index in [0.717, 1.165) is 41.8 Å². The van der Waals surface area contributed by atoms with Crippen molar-refractivity contribution in [1.29, 1.82) is 0 Å². The Balaban J connectivity index is 1.38. The summed E-state index contributed by atoms with van der Waals surface area (Å²) in [5.41, 5.74) is 3.00. The van der Waals surface area contributed by atoms with Crippen LogP contribution in [0.25, 0.3) is 11.3 Å². The predicted octanol–water partition coefficient (Wildman–Crippen LogP) is 1.74. The van der Waals surface area contributed by atoms with E-state index < -0.39 is 0 Å². The number of rotatable bonds is 4. The number of carbonyl (C=O) groups excluding carboxylic acids is 1. The lowest BCUT2D eigenvalue weighted by Crippen LogP contribution is -2.40. The van der Waals surface area contributed by atoms with Crippen LogP contribution in [0.3, 0.4) is 0 Å². The van der Waals surface area contributed by atoms with E-state index >= 15 is 0 Å². The fraction of sp³-hybridized carbons (Fsp3) is 0.389. The molecule has 2 aliphatic heterocycles. The molecule has 2 aliphatic rings. The summed E-state index contributed by atoms with van der Waals surface area (Å²) in [6.45, 7) is 1.17. The van der Waals surface area contributed by atoms with E-state index in [2.05, 4.69) is 21.4 Å². The number of fused-ring (bicyclic) bond motifs is 1. The first kappa shape index (κ1) is 15.1. The van der Waals surface area contributed by atoms with Gasteiger partial charge in [-0.1, -0.05) is 0 Å². The number of carbonyl (C=O) groups is 1. The highest BCUT2D eigenvalue weighted by Crippen LogP contribution is 2.32. The summed E-state index contributed by atoms with van der Waals surface area (Å²) in [5, 5.41) is 2.94. The molecule has 1 amide bonds. The molecule has 1 saturated heterocycles. The first-order valence-electron chi connectivity index (χ1n) is 8.25. The van der Waals surface area contributed by atoms with Gasteiger partial charge in [0, 0.05) is 31.0 Å². The number of hydrogen-bond donors (Lipinski definition) is 1. The summed E-state index contributed by atoms with van der Waals surface area (Å²) >= 11 is 0. The zero-order chi connectivity index (χ0) is 16.4. The second-order valence-corrected chi connectivity index (χ2v) is 6.10. The Bertz CT molecular complexity index is 730. The van der Waals surface area contributed by atoms with Gasteiger partial charge in [0.05, 0.1) is 18.4 Å². The number of nitrogens with zero attached hydrogens (tertiary/aromatic N) is 2. The fourth-order valence-corrected chi connectivity index (χ4v) is 3.15. The van der Waals surface area contributed by atoms with Crippen LogP contribution in [0.2, 0.25) is 0 Å². The maximum atomic E-state index is 12.0. The van der Waals surface area contributed by atoms with Gasteiger partial charge in [0.1, 0.15) is 18.0 Å². The molecular weight excluding hydrogens is 306 g/mol. The Morgan fingerprint density at radius 2 is 2.29 bits per heavy atom. The van der Waals surface area contributed by atoms with Gasteiger partial charge in [0.25, 0.3) is 0 Å². The summed E-state index contributed by atoms with van der Waals surface area (Å²) < 4.78 is 11.3. The van der Waals surface area contributed by atoms with Crippen LogP contribution in [0.1, 0.15) is 18.4 Å². The minimum atomic E-state index is -0.294. The molecule has 1 N–H and O–H groups in total. The summed E-state index contributed by atoms with van der Waals surface area (Å²) in [6, 6.07) is 6.03. The van der Waals surface area contributed by atoms with Gasteiger partial charge in [-0.15, -0.1) is 0 Å². The first-order chi connectivity index (χ1) is 11.8. The zero-order valence-corrected chi connectivity index (χ0v) is 13.3. The summed E-state index contributed by atoms with van der Waals surface area (Å²) in [5.74, 6) is 0.839. The van der Waals surface area contributed by atoms with Crippen LogP contribution in [0.4, 0.5) is 0 Å². The fourth-order valence-electron chi connectivity index (χ4n) is 3.15. The monoisotopic (exact) mass is 325 g/mol. The maximum absolute atomic E-state index is 12.0. The smallest absolute Gasteiger partial charge is 0.249 e. The molecule has 4 rings (SSSR count). The number of nitrogens with one attached hydrogen (secondary N) is 1. The minimum absolute atomic E-state index is 0.0349. The van der Waals surface area contributed by atoms with Crippen molar-refractivity contribution in [3.8, 4) is 17.0 Å². The van der Waals surface area contributed by atoms with Crippen molar-refractivity contribution >= 4 is 5.91 Å². The molecule has 2 unspecified atom stereocenters. The normalized spacial score (nSPS) is 22.0. The van der Waals surface area contributed by atoms with Gasteiger partial charge in [-0.3, -0.25) is 14.8 Å². The van der Waals surface area contributed by atoms with E-state index in [4.69, 9.17) is 9.47 Å². The molecule has 6 nitrogen and oxygen atoms in total. The third-order valence-electron chi connectivity index (χ3n) is 4.39. The van der Waals surface area contributed by atoms with E-state index in [9.17, 15) is 4.79 Å². The molecule has 1 fully saturated rings. The van der Waals surface area contributed by atoms with Crippen molar-refractivity contribution < 1.29 is 14.3 Å². The minimum Gasteiger partial charge on any atom is -0.488 e. The number of benzene rings is 1. The molecule has 2 atom stereocenters. The lowest BCUT2D eigenvalue weighted by Gasteiger charge is -2.14. The lowest BCUT2D eigenvalue weighted by atomic mass is 10.0. The van der Waals surface area contributed by atoms with Crippen molar-refractivity contribution in [2.75, 3.05) is 13.2 Å². The highest BCUT2D eigenvalue weighted by Gasteiger charge is 2.27. The molecule has 24 heavy (non-hydrogen) atoms. The summed E-state index contributed by atoms with van der Waals surface area (Å²) in [4.78, 5) is 20.4. The first-order valence-corrected chi connectivity index (χ1v) is 8.25. The van der Waals surface area contributed by atoms with Gasteiger partial charge in [-0.25, -0.2) is 0 Å². The molecule has 0 bridgehead atoms. The van der Waals surface area contributed by atoms with Gasteiger partial charge in [0.15, 0.2) is 0 Å². The molecule has 0 aliphatic carbocycles. The molecule has 2 aromatic rings. The van der Waals surface area contributed by atoms with Crippen molar-refractivity contribution in [1.82, 2.24) is 15.3 Å². The van der Waals surface area contributed by atoms with Crippen LogP contribution in [0.15, 0.2) is 36.8 Å². The highest BCUT2D eigenvalue weighted by atomic mass is 16.5. The molecule has 1 aromatic heterocycles. The standard InChI is InChI=1S/C18H19N3O3/c22-18(17-2-1-7-23-17)21-10-14-9-13-8-12(3-4-16(13)24-14)15-11-19-5-6-20-15/h3-6,8,11,14,17H,1-2,7,9-10H2,(H,21,22). The summed E-state index contributed by atoms with van der Waals surface area (Å²) in [7, 11) is 0. The topological polar surface area (TPSA) is 73.3 Å². The third-order valence-corrected chi connectivity index (χ3v) is 4.39. The molecule has 3 heterocycles. The Labute approximate surface area is 140 Å². The number of hydrogen-bond acceptors (Lipinski definition) is 5. The second-order valence-electron chi connectivity index (χ2n) is 6.10. The third kappa shape index (κ3) is 3.10. The van der Waals surface area contributed by atoms with Crippen LogP contribution in [-0.4, -0.2) is 41.2 Å². The average molecular weight is 325 g/mol. The molecule has 0 radical (unpaired) electrons. The maximum Gasteiger partial charge on any atom is 0.249 e. The van der Waals surface area contributed by atoms with Gasteiger partial charge in [0.2, 0.25) is 5.91 Å². The Kier molecular flexibility index (Phi) is 4.13. The Morgan fingerprint density at radius 3 is 3.08 bits per heavy atom. The van der Waals surface area contributed by atoms with Crippen LogP contribution < -0.4 is 10.1 Å². The number of ether oxygens (including phenoxy) is 2. The number of aromatic nitrogens is 2. The van der Waals surface area contributed by atoms with E-state index in [0.29, 0.717) is 13.2 Å². The van der Waals surface area contributed by atoms with Crippen LogP contribution >= 0.6 is 0 Å². The van der Waals surface area contributed by atoms with E-state index in [-0.39, 0.29) is 18.1 Å². The van der Waals surface area contributed by atoms with Gasteiger partial charge < -0.3 is 14.8 Å². The molecule has 124 valence electrons. The highest BCUT2D eigenvalue weighted by molar-refractivity contribution is 5.81. The molecule has 6 heteroatoms. The second kappa shape index (κ2) is 6.57. The van der Waals surface area contributed by atoms with Crippen molar-refractivity contribution in [3.05, 3.63) is 42.4 Å². The van der Waals surface area contributed by atoms with Crippen LogP contribution in [0.5, 0.6) is 5.75 Å². The van der Waals surface area contributed by atoms with Gasteiger partial charge in [-0.2, -0.15) is 0 Å². The zero-order valence-electron chi connectivity index (χ0n) is 13.3. The SMILES string of the molecule is O=C(NCC1Cc2cc(-c3cnccn3)ccc2O1)C1CCCO1. The van der Waals surface area contributed by atoms with E-state index in [1.165, 1.54) is 0 Å². The van der Waals surface area contributed by atoms with Gasteiger partial charge >= 0.3 is 0 Å². The number of amides is 1. The van der Waals surface area contributed by atoms with E-state index in [1.54, 1.807) is 18.6 Å². The lowest BCUT2D eigenvalue weighted by molar-refractivity contribution is -0.130. The molecule has 0 spiro atoms. The van der Waals surface area contributed by atoms with Crippen molar-refractivity contribution in [3.63, 3.8) is 0 Å². The van der Waals surface area contributed by atoms with Gasteiger partial charge in [-0.05, 0) is 36.6 Å². The quantitative estimate of drug-likeness (QED) is 0.927. The summed E-state index contributed by atoms with van der Waals surface area (Å²) in [6.07, 6.45) is 7.29. The molecule has 1 aromatic carbocycles. The van der Waals surface area contributed by atoms with Crippen LogP contribution in [-0.2, 0) is 16.0 Å². The average Bonchev–Trinajstić information content (AvgIpc) is 3.29. The molecule has 0 saturated carbocycles. The molecular formula is C18H19N3O3. The van der Waals surface area contributed by atoms with E-state index in [1.807, 2.05) is 12.1 Å². The largest absolute Gasteiger partial charge is 0.488 e. The predicted molar refractivity (Wildman–Crippen MR) is 87.6 cm³/mol. The van der Waals surface area contributed by atoms with Crippen molar-refractivity contribution in [2.45, 2.75) is 31.5 Å².